The quantitative estimate of drug-likeness (QED) is 0.809. The van der Waals surface area contributed by atoms with Crippen molar-refractivity contribution in [2.24, 2.45) is 0 Å². The maximum atomic E-state index is 13.8. The van der Waals surface area contributed by atoms with Gasteiger partial charge in [-0.15, -0.1) is 0 Å². The number of alkyl halides is 3. The predicted octanol–water partition coefficient (Wildman–Crippen LogP) is 1.95. The summed E-state index contributed by atoms with van der Waals surface area (Å²) in [5.74, 6) is 0.268. The Morgan fingerprint density at radius 2 is 1.87 bits per heavy atom. The van der Waals surface area contributed by atoms with Crippen LogP contribution < -0.4 is 15.4 Å². The van der Waals surface area contributed by atoms with Crippen molar-refractivity contribution in [1.29, 1.82) is 0 Å². The van der Waals surface area contributed by atoms with Crippen molar-refractivity contribution < 1.29 is 23.0 Å². The number of rotatable bonds is 4. The molecule has 1 saturated heterocycles. The van der Waals surface area contributed by atoms with Gasteiger partial charge < -0.3 is 19.6 Å². The molecule has 0 spiro atoms. The monoisotopic (exact) mass is 424 g/mol. The van der Waals surface area contributed by atoms with Crippen LogP contribution in [0.25, 0.3) is 0 Å². The van der Waals surface area contributed by atoms with E-state index in [-0.39, 0.29) is 25.5 Å². The Labute approximate surface area is 171 Å². The largest absolute Gasteiger partial charge is 0.408 e. The van der Waals surface area contributed by atoms with E-state index in [9.17, 15) is 23.1 Å². The van der Waals surface area contributed by atoms with Gasteiger partial charge in [0.15, 0.2) is 0 Å². The molecule has 3 heterocycles. The fraction of sp³-hybridized carbons (Fsp3) is 0.500. The van der Waals surface area contributed by atoms with Crippen molar-refractivity contribution in [3.05, 3.63) is 52.3 Å². The molecule has 0 aliphatic carbocycles. The van der Waals surface area contributed by atoms with Crippen molar-refractivity contribution in [2.75, 3.05) is 42.6 Å². The first-order valence-electron chi connectivity index (χ1n) is 9.85. The smallest absolute Gasteiger partial charge is 0.387 e. The van der Waals surface area contributed by atoms with Crippen molar-refractivity contribution in [2.45, 2.75) is 31.3 Å². The number of hydrogen-bond donors (Lipinski definition) is 1. The van der Waals surface area contributed by atoms with E-state index in [1.807, 2.05) is 4.90 Å². The Balaban J connectivity index is 1.73. The molecular formula is C20H23F3N4O3. The molecule has 2 atom stereocenters. The number of halogens is 3. The molecule has 1 N–H and O–H groups in total. The van der Waals surface area contributed by atoms with Crippen LogP contribution in [0.2, 0.25) is 0 Å². The highest BCUT2D eigenvalue weighted by Crippen LogP contribution is 2.35. The lowest BCUT2D eigenvalue weighted by Crippen LogP contribution is -2.53. The number of anilines is 2. The number of β-amino-alcohol motifs (C(OH)–C–C–N with tert-alkyl or cyclic N) is 1. The zero-order valence-corrected chi connectivity index (χ0v) is 16.3. The summed E-state index contributed by atoms with van der Waals surface area (Å²) in [6, 6.07) is 8.02. The number of morpholine rings is 1. The van der Waals surface area contributed by atoms with Crippen molar-refractivity contribution in [3.63, 3.8) is 0 Å². The molecule has 7 nitrogen and oxygen atoms in total. The van der Waals surface area contributed by atoms with E-state index in [4.69, 9.17) is 4.74 Å². The standard InChI is InChI=1S/C20H23F3N4O3/c21-20(22,23)16-6-7-26-18(29)12-17(25-8-10-30-11-9-25)24-19(26)27(16)13-15(28)14-4-2-1-3-5-14/h1-5,12,15-16,28H,6-11,13H2. The first-order valence-corrected chi connectivity index (χ1v) is 9.85. The Hall–Kier alpha value is -2.59. The lowest BCUT2D eigenvalue weighted by atomic mass is 10.1. The normalized spacial score (nSPS) is 20.7. The van der Waals surface area contributed by atoms with Gasteiger partial charge in [-0.3, -0.25) is 9.36 Å². The van der Waals surface area contributed by atoms with Crippen LogP contribution in [0.5, 0.6) is 0 Å². The average molecular weight is 424 g/mol. The van der Waals surface area contributed by atoms with Crippen molar-refractivity contribution >= 4 is 11.8 Å². The third-order valence-corrected chi connectivity index (χ3v) is 5.50. The molecule has 0 bridgehead atoms. The maximum Gasteiger partial charge on any atom is 0.408 e. The second-order valence-corrected chi connectivity index (χ2v) is 7.43. The molecule has 0 saturated carbocycles. The van der Waals surface area contributed by atoms with Crippen molar-refractivity contribution in [1.82, 2.24) is 9.55 Å². The van der Waals surface area contributed by atoms with Gasteiger partial charge in [0, 0.05) is 25.7 Å². The van der Waals surface area contributed by atoms with E-state index in [0.717, 1.165) is 4.90 Å². The summed E-state index contributed by atoms with van der Waals surface area (Å²) in [4.78, 5) is 20.0. The van der Waals surface area contributed by atoms with Crippen LogP contribution in [0, 0.1) is 0 Å². The molecule has 2 aromatic rings. The van der Waals surface area contributed by atoms with E-state index in [2.05, 4.69) is 4.98 Å². The molecule has 1 aromatic carbocycles. The third kappa shape index (κ3) is 4.15. The van der Waals surface area contributed by atoms with Crippen LogP contribution in [0.4, 0.5) is 24.9 Å². The Morgan fingerprint density at radius 1 is 1.17 bits per heavy atom. The average Bonchev–Trinajstić information content (AvgIpc) is 2.74. The van der Waals surface area contributed by atoms with Gasteiger partial charge in [-0.1, -0.05) is 30.3 Å². The summed E-state index contributed by atoms with van der Waals surface area (Å²) >= 11 is 0. The molecule has 2 aliphatic heterocycles. The van der Waals surface area contributed by atoms with E-state index in [1.165, 1.54) is 10.6 Å². The lowest BCUT2D eigenvalue weighted by molar-refractivity contribution is -0.153. The van der Waals surface area contributed by atoms with Crippen LogP contribution in [0.1, 0.15) is 18.1 Å². The van der Waals surface area contributed by atoms with Crippen LogP contribution in [0.3, 0.4) is 0 Å². The van der Waals surface area contributed by atoms with E-state index in [1.54, 1.807) is 30.3 Å². The summed E-state index contributed by atoms with van der Waals surface area (Å²) in [5, 5.41) is 10.6. The highest BCUT2D eigenvalue weighted by molar-refractivity contribution is 5.47. The van der Waals surface area contributed by atoms with E-state index >= 15 is 0 Å². The summed E-state index contributed by atoms with van der Waals surface area (Å²) in [5.41, 5.74) is 0.101. The van der Waals surface area contributed by atoms with Crippen LogP contribution in [0.15, 0.2) is 41.2 Å². The third-order valence-electron chi connectivity index (χ3n) is 5.50. The minimum atomic E-state index is -4.52. The van der Waals surface area contributed by atoms with Gasteiger partial charge in [0.2, 0.25) is 5.95 Å². The van der Waals surface area contributed by atoms with Gasteiger partial charge in [0.25, 0.3) is 5.56 Å². The first kappa shape index (κ1) is 20.7. The molecule has 0 radical (unpaired) electrons. The number of aliphatic hydroxyl groups is 1. The topological polar surface area (TPSA) is 70.8 Å². The summed E-state index contributed by atoms with van der Waals surface area (Å²) in [7, 11) is 0. The van der Waals surface area contributed by atoms with Gasteiger partial charge in [-0.05, 0) is 12.0 Å². The Kier molecular flexibility index (Phi) is 5.70. The zero-order chi connectivity index (χ0) is 21.3. The molecule has 2 unspecified atom stereocenters. The highest BCUT2D eigenvalue weighted by atomic mass is 19.4. The van der Waals surface area contributed by atoms with Gasteiger partial charge in [0.1, 0.15) is 11.9 Å². The second kappa shape index (κ2) is 8.27. The van der Waals surface area contributed by atoms with Crippen LogP contribution >= 0.6 is 0 Å². The molecule has 10 heteroatoms. The first-order chi connectivity index (χ1) is 14.3. The molecule has 1 fully saturated rings. The second-order valence-electron chi connectivity index (χ2n) is 7.43. The number of benzene rings is 1. The van der Waals surface area contributed by atoms with E-state index in [0.29, 0.717) is 37.7 Å². The molecular weight excluding hydrogens is 401 g/mol. The lowest BCUT2D eigenvalue weighted by Gasteiger charge is -2.40. The summed E-state index contributed by atoms with van der Waals surface area (Å²) in [6.07, 6.45) is -5.96. The molecule has 1 aromatic heterocycles. The number of fused-ring (bicyclic) bond motifs is 1. The minimum absolute atomic E-state index is 0.0625. The molecule has 162 valence electrons. The van der Waals surface area contributed by atoms with Gasteiger partial charge in [-0.25, -0.2) is 0 Å². The molecule has 0 amide bonds. The summed E-state index contributed by atoms with van der Waals surface area (Å²) in [6.45, 7) is 1.53. The number of nitrogens with zero attached hydrogens (tertiary/aromatic N) is 4. The number of hydrogen-bond acceptors (Lipinski definition) is 6. The molecule has 2 aliphatic rings. The zero-order valence-electron chi connectivity index (χ0n) is 16.3. The number of aliphatic hydroxyl groups excluding tert-OH is 1. The summed E-state index contributed by atoms with van der Waals surface area (Å²) < 4.78 is 48.0. The minimum Gasteiger partial charge on any atom is -0.387 e. The number of aromatic nitrogens is 2. The van der Waals surface area contributed by atoms with Crippen LogP contribution in [-0.2, 0) is 11.3 Å². The predicted molar refractivity (Wildman–Crippen MR) is 105 cm³/mol. The Bertz CT molecular complexity index is 929. The van der Waals surface area contributed by atoms with Gasteiger partial charge >= 0.3 is 6.18 Å². The molecule has 30 heavy (non-hydrogen) atoms. The maximum absolute atomic E-state index is 13.8. The highest BCUT2D eigenvalue weighted by Gasteiger charge is 2.47. The fourth-order valence-electron chi connectivity index (χ4n) is 3.93. The van der Waals surface area contributed by atoms with Crippen molar-refractivity contribution in [3.8, 4) is 0 Å². The van der Waals surface area contributed by atoms with Gasteiger partial charge in [0.05, 0.1) is 25.9 Å². The SMILES string of the molecule is O=c1cc(N2CCOCC2)nc2n1CCC(C(F)(F)F)N2CC(O)c1ccccc1. The van der Waals surface area contributed by atoms with E-state index < -0.39 is 23.9 Å². The number of ether oxygens (including phenoxy) is 1. The van der Waals surface area contributed by atoms with Crippen LogP contribution in [-0.4, -0.2) is 59.7 Å². The fourth-order valence-corrected chi connectivity index (χ4v) is 3.93. The molecule has 4 rings (SSSR count). The Morgan fingerprint density at radius 3 is 2.53 bits per heavy atom. The van der Waals surface area contributed by atoms with Gasteiger partial charge in [-0.2, -0.15) is 18.2 Å².